The fraction of sp³-hybridized carbons (Fsp3) is 0.333. The molecule has 1 unspecified atom stereocenters. The minimum Gasteiger partial charge on any atom is -0.467 e. The molecule has 1 aliphatic rings. The Labute approximate surface area is 164 Å². The third-order valence-electron chi connectivity index (χ3n) is 4.55. The van der Waals surface area contributed by atoms with Gasteiger partial charge in [0.25, 0.3) is 0 Å². The van der Waals surface area contributed by atoms with E-state index in [2.05, 4.69) is 0 Å². The minimum absolute atomic E-state index is 0.0437. The van der Waals surface area contributed by atoms with Gasteiger partial charge in [0.2, 0.25) is 5.91 Å². The van der Waals surface area contributed by atoms with E-state index < -0.39 is 12.0 Å². The van der Waals surface area contributed by atoms with Gasteiger partial charge in [-0.1, -0.05) is 42.5 Å². The second kappa shape index (κ2) is 9.34. The fourth-order valence-electron chi connectivity index (χ4n) is 3.31. The van der Waals surface area contributed by atoms with Crippen LogP contribution in [0.25, 0.3) is 0 Å². The zero-order valence-electron chi connectivity index (χ0n) is 16.0. The third-order valence-corrected chi connectivity index (χ3v) is 4.55. The van der Waals surface area contributed by atoms with E-state index in [1.807, 2.05) is 35.2 Å². The highest BCUT2D eigenvalue weighted by Crippen LogP contribution is 2.32. The van der Waals surface area contributed by atoms with E-state index in [9.17, 15) is 9.59 Å². The van der Waals surface area contributed by atoms with Gasteiger partial charge >= 0.3 is 5.97 Å². The maximum atomic E-state index is 13.0. The largest absolute Gasteiger partial charge is 0.467 e. The van der Waals surface area contributed by atoms with Gasteiger partial charge in [0.05, 0.1) is 19.3 Å². The quantitative estimate of drug-likeness (QED) is 0.538. The Bertz CT molecular complexity index is 811. The van der Waals surface area contributed by atoms with Crippen molar-refractivity contribution in [3.05, 3.63) is 60.2 Å². The molecule has 1 saturated heterocycles. The lowest BCUT2D eigenvalue weighted by molar-refractivity contribution is -0.145. The zero-order valence-corrected chi connectivity index (χ0v) is 16.0. The van der Waals surface area contributed by atoms with Crippen LogP contribution >= 0.6 is 0 Å². The predicted molar refractivity (Wildman–Crippen MR) is 104 cm³/mol. The molecule has 3 rings (SSSR count). The van der Waals surface area contributed by atoms with Gasteiger partial charge in [-0.3, -0.25) is 14.6 Å². The number of rotatable bonds is 7. The van der Waals surface area contributed by atoms with Gasteiger partial charge in [0, 0.05) is 20.2 Å². The number of benzene rings is 2. The molecule has 0 bridgehead atoms. The Morgan fingerprint density at radius 1 is 1.07 bits per heavy atom. The van der Waals surface area contributed by atoms with E-state index in [4.69, 9.17) is 14.2 Å². The van der Waals surface area contributed by atoms with Crippen molar-refractivity contribution in [3.8, 4) is 5.75 Å². The minimum atomic E-state index is -0.762. The Morgan fingerprint density at radius 3 is 2.50 bits per heavy atom. The van der Waals surface area contributed by atoms with Crippen LogP contribution in [0.15, 0.2) is 54.6 Å². The SMILES string of the molecule is COCOc1ccccc1N1C(=O)CN(Cc2ccccc2)CC1C(=O)OC. The summed E-state index contributed by atoms with van der Waals surface area (Å²) in [5.74, 6) is -0.179. The molecule has 7 nitrogen and oxygen atoms in total. The first-order valence-electron chi connectivity index (χ1n) is 9.01. The number of carbonyl (C=O) groups excluding carboxylic acids is 2. The van der Waals surface area contributed by atoms with Gasteiger partial charge in [-0.15, -0.1) is 0 Å². The van der Waals surface area contributed by atoms with Crippen LogP contribution in [-0.2, 0) is 25.6 Å². The molecule has 1 amide bonds. The molecule has 0 aliphatic carbocycles. The standard InChI is InChI=1S/C21H24N2O5/c1-26-15-28-19-11-7-6-10-17(19)23-18(21(25)27-2)13-22(14-20(23)24)12-16-8-4-3-5-9-16/h3-11,18H,12-15H2,1-2H3. The van der Waals surface area contributed by atoms with Crippen molar-refractivity contribution in [1.82, 2.24) is 4.90 Å². The number of para-hydroxylation sites is 2. The van der Waals surface area contributed by atoms with Crippen LogP contribution in [0.1, 0.15) is 5.56 Å². The van der Waals surface area contributed by atoms with E-state index >= 15 is 0 Å². The van der Waals surface area contributed by atoms with Crippen LogP contribution in [0.5, 0.6) is 5.75 Å². The topological polar surface area (TPSA) is 68.3 Å². The molecule has 1 heterocycles. The number of methoxy groups -OCH3 is 2. The fourth-order valence-corrected chi connectivity index (χ4v) is 3.31. The Kier molecular flexibility index (Phi) is 6.62. The zero-order chi connectivity index (χ0) is 19.9. The number of hydrogen-bond acceptors (Lipinski definition) is 6. The summed E-state index contributed by atoms with van der Waals surface area (Å²) in [5.41, 5.74) is 1.61. The molecule has 1 atom stereocenters. The van der Waals surface area contributed by atoms with Crippen LogP contribution in [0.4, 0.5) is 5.69 Å². The monoisotopic (exact) mass is 384 g/mol. The van der Waals surface area contributed by atoms with Crippen LogP contribution in [0, 0.1) is 0 Å². The van der Waals surface area contributed by atoms with Gasteiger partial charge in [0.15, 0.2) is 6.79 Å². The number of hydrogen-bond donors (Lipinski definition) is 0. The maximum Gasteiger partial charge on any atom is 0.330 e. The molecule has 148 valence electrons. The summed E-state index contributed by atoms with van der Waals surface area (Å²) in [6.45, 7) is 1.19. The second-order valence-corrected chi connectivity index (χ2v) is 6.48. The number of esters is 1. The van der Waals surface area contributed by atoms with Crippen molar-refractivity contribution in [1.29, 1.82) is 0 Å². The van der Waals surface area contributed by atoms with E-state index in [1.54, 1.807) is 24.3 Å². The third kappa shape index (κ3) is 4.49. The molecule has 0 saturated carbocycles. The van der Waals surface area contributed by atoms with Gasteiger partial charge in [-0.25, -0.2) is 4.79 Å². The van der Waals surface area contributed by atoms with Crippen LogP contribution < -0.4 is 9.64 Å². The van der Waals surface area contributed by atoms with Crippen molar-refractivity contribution in [2.24, 2.45) is 0 Å². The molecule has 0 radical (unpaired) electrons. The highest BCUT2D eigenvalue weighted by molar-refractivity contribution is 6.02. The average Bonchev–Trinajstić information content (AvgIpc) is 2.72. The van der Waals surface area contributed by atoms with Crippen molar-refractivity contribution in [2.45, 2.75) is 12.6 Å². The van der Waals surface area contributed by atoms with Crippen molar-refractivity contribution in [3.63, 3.8) is 0 Å². The predicted octanol–water partition coefficient (Wildman–Crippen LogP) is 2.06. The molecule has 1 aliphatic heterocycles. The molecular weight excluding hydrogens is 360 g/mol. The first kappa shape index (κ1) is 19.9. The smallest absolute Gasteiger partial charge is 0.330 e. The molecular formula is C21H24N2O5. The van der Waals surface area contributed by atoms with Crippen LogP contribution in [0.3, 0.4) is 0 Å². The molecule has 1 fully saturated rings. The number of anilines is 1. The number of piperazine rings is 1. The van der Waals surface area contributed by atoms with Gasteiger partial charge in [0.1, 0.15) is 11.8 Å². The summed E-state index contributed by atoms with van der Waals surface area (Å²) >= 11 is 0. The van der Waals surface area contributed by atoms with Crippen molar-refractivity contribution in [2.75, 3.05) is 39.0 Å². The summed E-state index contributed by atoms with van der Waals surface area (Å²) < 4.78 is 15.5. The van der Waals surface area contributed by atoms with E-state index in [1.165, 1.54) is 19.1 Å². The van der Waals surface area contributed by atoms with Crippen molar-refractivity contribution < 1.29 is 23.8 Å². The molecule has 0 aromatic heterocycles. The van der Waals surface area contributed by atoms with E-state index in [0.29, 0.717) is 24.5 Å². The number of amides is 1. The van der Waals surface area contributed by atoms with Crippen molar-refractivity contribution >= 4 is 17.6 Å². The molecule has 7 heteroatoms. The highest BCUT2D eigenvalue weighted by atomic mass is 16.7. The second-order valence-electron chi connectivity index (χ2n) is 6.48. The van der Waals surface area contributed by atoms with Crippen LogP contribution in [-0.4, -0.2) is 56.9 Å². The summed E-state index contributed by atoms with van der Waals surface area (Å²) in [6, 6.07) is 16.2. The summed E-state index contributed by atoms with van der Waals surface area (Å²) in [4.78, 5) is 29.0. The maximum absolute atomic E-state index is 13.0. The average molecular weight is 384 g/mol. The lowest BCUT2D eigenvalue weighted by Crippen LogP contribution is -2.59. The Hall–Kier alpha value is -2.90. The number of nitrogens with zero attached hydrogens (tertiary/aromatic N) is 2. The van der Waals surface area contributed by atoms with Gasteiger partial charge in [-0.05, 0) is 17.7 Å². The van der Waals surface area contributed by atoms with E-state index in [-0.39, 0.29) is 19.2 Å². The summed E-state index contributed by atoms with van der Waals surface area (Å²) in [6.07, 6.45) is 0. The first-order chi connectivity index (χ1) is 13.6. The molecule has 2 aromatic carbocycles. The normalized spacial score (nSPS) is 17.4. The molecule has 28 heavy (non-hydrogen) atoms. The number of carbonyl (C=O) groups is 2. The number of ether oxygens (including phenoxy) is 3. The lowest BCUT2D eigenvalue weighted by atomic mass is 10.1. The van der Waals surface area contributed by atoms with Gasteiger partial charge in [-0.2, -0.15) is 0 Å². The van der Waals surface area contributed by atoms with Crippen LogP contribution in [0.2, 0.25) is 0 Å². The Balaban J connectivity index is 1.87. The van der Waals surface area contributed by atoms with E-state index in [0.717, 1.165) is 5.56 Å². The molecule has 0 N–H and O–H groups in total. The molecule has 2 aromatic rings. The van der Waals surface area contributed by atoms with Gasteiger partial charge < -0.3 is 14.2 Å². The summed E-state index contributed by atoms with van der Waals surface area (Å²) in [5, 5.41) is 0. The lowest BCUT2D eigenvalue weighted by Gasteiger charge is -2.39. The highest BCUT2D eigenvalue weighted by Gasteiger charge is 2.39. The summed E-state index contributed by atoms with van der Waals surface area (Å²) in [7, 11) is 2.85. The molecule has 0 spiro atoms. The Morgan fingerprint density at radius 2 is 1.79 bits per heavy atom. The first-order valence-corrected chi connectivity index (χ1v) is 9.01.